The lowest BCUT2D eigenvalue weighted by molar-refractivity contribution is 0.200. The monoisotopic (exact) mass is 206 g/mol. The molecule has 0 unspecified atom stereocenters. The lowest BCUT2D eigenvalue weighted by Gasteiger charge is -2.40. The van der Waals surface area contributed by atoms with Gasteiger partial charge in [-0.1, -0.05) is 0 Å². The minimum atomic E-state index is -0.394. The zero-order valence-electron chi connectivity index (χ0n) is 8.15. The first-order valence-corrected chi connectivity index (χ1v) is 4.80. The van der Waals surface area contributed by atoms with E-state index in [1.165, 1.54) is 12.1 Å². The molecule has 1 aromatic rings. The molecular formula is C11H11FN2O. The highest BCUT2D eigenvalue weighted by Gasteiger charge is 2.27. The molecule has 1 heterocycles. The average molecular weight is 206 g/mol. The van der Waals surface area contributed by atoms with Crippen LogP contribution in [0.3, 0.4) is 0 Å². The van der Waals surface area contributed by atoms with Crippen molar-refractivity contribution in [1.29, 1.82) is 5.26 Å². The van der Waals surface area contributed by atoms with Crippen molar-refractivity contribution in [1.82, 2.24) is 0 Å². The molecule has 0 bridgehead atoms. The van der Waals surface area contributed by atoms with Crippen LogP contribution in [-0.4, -0.2) is 24.8 Å². The van der Waals surface area contributed by atoms with Crippen molar-refractivity contribution < 1.29 is 9.50 Å². The van der Waals surface area contributed by atoms with Gasteiger partial charge in [-0.2, -0.15) is 5.26 Å². The summed E-state index contributed by atoms with van der Waals surface area (Å²) >= 11 is 0. The summed E-state index contributed by atoms with van der Waals surface area (Å²) in [5.41, 5.74) is 1.11. The van der Waals surface area contributed by atoms with Crippen LogP contribution in [-0.2, 0) is 0 Å². The first-order chi connectivity index (χ1) is 7.24. The lowest BCUT2D eigenvalue weighted by Crippen LogP contribution is -2.48. The van der Waals surface area contributed by atoms with Gasteiger partial charge in [-0.3, -0.25) is 0 Å². The molecule has 0 aliphatic carbocycles. The molecule has 0 spiro atoms. The van der Waals surface area contributed by atoms with E-state index >= 15 is 0 Å². The molecule has 1 N–H and O–H groups in total. The second-order valence-corrected chi connectivity index (χ2v) is 3.73. The smallest absolute Gasteiger partial charge is 0.124 e. The maximum Gasteiger partial charge on any atom is 0.124 e. The maximum absolute atomic E-state index is 12.9. The van der Waals surface area contributed by atoms with E-state index in [0.717, 1.165) is 18.8 Å². The van der Waals surface area contributed by atoms with Gasteiger partial charge in [-0.05, 0) is 18.2 Å². The van der Waals surface area contributed by atoms with Gasteiger partial charge in [0.25, 0.3) is 0 Å². The molecule has 2 rings (SSSR count). The third-order valence-electron chi connectivity index (χ3n) is 2.64. The van der Waals surface area contributed by atoms with Crippen molar-refractivity contribution in [3.8, 4) is 6.07 Å². The van der Waals surface area contributed by atoms with E-state index in [0.29, 0.717) is 5.56 Å². The zero-order chi connectivity index (χ0) is 10.8. The number of hydrogen-bond acceptors (Lipinski definition) is 3. The Bertz CT molecular complexity index is 408. The number of hydrogen-bond donors (Lipinski definition) is 1. The highest BCUT2D eigenvalue weighted by Crippen LogP contribution is 2.27. The molecule has 1 fully saturated rings. The standard InChI is InChI=1S/C11H11FN2O/c12-10-1-2-11(9(3-10)4-13)14-5-8(6-14)7-15/h1-3,8,15H,5-7H2. The van der Waals surface area contributed by atoms with Crippen LogP contribution in [0.4, 0.5) is 10.1 Å². The van der Waals surface area contributed by atoms with E-state index in [4.69, 9.17) is 10.4 Å². The van der Waals surface area contributed by atoms with Crippen LogP contribution < -0.4 is 4.90 Å². The van der Waals surface area contributed by atoms with Crippen molar-refractivity contribution in [2.24, 2.45) is 5.92 Å². The van der Waals surface area contributed by atoms with Crippen molar-refractivity contribution in [3.05, 3.63) is 29.6 Å². The van der Waals surface area contributed by atoms with Crippen LogP contribution in [0.2, 0.25) is 0 Å². The summed E-state index contributed by atoms with van der Waals surface area (Å²) in [6, 6.07) is 6.17. The van der Waals surface area contributed by atoms with Gasteiger partial charge in [0.1, 0.15) is 11.9 Å². The first kappa shape index (κ1) is 9.94. The summed E-state index contributed by atoms with van der Waals surface area (Å²) in [6.45, 7) is 1.63. The number of nitriles is 1. The van der Waals surface area contributed by atoms with Gasteiger partial charge < -0.3 is 10.0 Å². The molecule has 4 heteroatoms. The normalized spacial score (nSPS) is 15.9. The van der Waals surface area contributed by atoms with Crippen LogP contribution in [0.5, 0.6) is 0 Å². The number of halogens is 1. The molecule has 0 amide bonds. The summed E-state index contributed by atoms with van der Waals surface area (Å²) in [4.78, 5) is 1.97. The molecular weight excluding hydrogens is 195 g/mol. The van der Waals surface area contributed by atoms with Crippen molar-refractivity contribution in [3.63, 3.8) is 0 Å². The Morgan fingerprint density at radius 1 is 1.53 bits per heavy atom. The summed E-state index contributed by atoms with van der Waals surface area (Å²) in [6.07, 6.45) is 0. The fraction of sp³-hybridized carbons (Fsp3) is 0.364. The minimum absolute atomic E-state index is 0.166. The molecule has 0 saturated carbocycles. The Hall–Kier alpha value is -1.60. The van der Waals surface area contributed by atoms with Crippen LogP contribution in [0.15, 0.2) is 18.2 Å². The van der Waals surface area contributed by atoms with E-state index in [-0.39, 0.29) is 12.5 Å². The van der Waals surface area contributed by atoms with Gasteiger partial charge in [0.15, 0.2) is 0 Å². The molecule has 0 atom stereocenters. The fourth-order valence-corrected chi connectivity index (χ4v) is 1.76. The second-order valence-electron chi connectivity index (χ2n) is 3.73. The Kier molecular flexibility index (Phi) is 2.57. The predicted octanol–water partition coefficient (Wildman–Crippen LogP) is 1.13. The molecule has 0 radical (unpaired) electrons. The van der Waals surface area contributed by atoms with E-state index in [2.05, 4.69) is 0 Å². The highest BCUT2D eigenvalue weighted by molar-refractivity contribution is 5.60. The number of benzene rings is 1. The van der Waals surface area contributed by atoms with Gasteiger partial charge in [0.2, 0.25) is 0 Å². The molecule has 3 nitrogen and oxygen atoms in total. The maximum atomic E-state index is 12.9. The van der Waals surface area contributed by atoms with Gasteiger partial charge in [-0.25, -0.2) is 4.39 Å². The SMILES string of the molecule is N#Cc1cc(F)ccc1N1CC(CO)C1. The van der Waals surface area contributed by atoms with Crippen LogP contribution >= 0.6 is 0 Å². The number of rotatable bonds is 2. The Balaban J connectivity index is 2.20. The van der Waals surface area contributed by atoms with Crippen molar-refractivity contribution >= 4 is 5.69 Å². The Labute approximate surface area is 87.4 Å². The van der Waals surface area contributed by atoms with E-state index < -0.39 is 5.82 Å². The number of nitrogens with zero attached hydrogens (tertiary/aromatic N) is 2. The highest BCUT2D eigenvalue weighted by atomic mass is 19.1. The molecule has 78 valence electrons. The van der Waals surface area contributed by atoms with Crippen LogP contribution in [0.1, 0.15) is 5.56 Å². The summed E-state index contributed by atoms with van der Waals surface area (Å²) in [5, 5.41) is 17.7. The van der Waals surface area contributed by atoms with Crippen molar-refractivity contribution in [2.45, 2.75) is 0 Å². The van der Waals surface area contributed by atoms with E-state index in [1.54, 1.807) is 6.07 Å². The minimum Gasteiger partial charge on any atom is -0.396 e. The third kappa shape index (κ3) is 1.79. The second kappa shape index (κ2) is 3.87. The topological polar surface area (TPSA) is 47.3 Å². The first-order valence-electron chi connectivity index (χ1n) is 4.80. The summed E-state index contributed by atoms with van der Waals surface area (Å²) < 4.78 is 12.9. The van der Waals surface area contributed by atoms with Crippen molar-refractivity contribution in [2.75, 3.05) is 24.6 Å². The zero-order valence-corrected chi connectivity index (χ0v) is 8.15. The van der Waals surface area contributed by atoms with Gasteiger partial charge in [-0.15, -0.1) is 0 Å². The Morgan fingerprint density at radius 2 is 2.27 bits per heavy atom. The largest absolute Gasteiger partial charge is 0.396 e. The van der Waals surface area contributed by atoms with Gasteiger partial charge >= 0.3 is 0 Å². The lowest BCUT2D eigenvalue weighted by atomic mass is 9.99. The Morgan fingerprint density at radius 3 is 2.87 bits per heavy atom. The molecule has 1 aliphatic heterocycles. The fourth-order valence-electron chi connectivity index (χ4n) is 1.76. The quantitative estimate of drug-likeness (QED) is 0.789. The van der Waals surface area contributed by atoms with E-state index in [1.807, 2.05) is 11.0 Å². The van der Waals surface area contributed by atoms with Gasteiger partial charge in [0, 0.05) is 25.6 Å². The predicted molar refractivity (Wildman–Crippen MR) is 53.9 cm³/mol. The molecule has 15 heavy (non-hydrogen) atoms. The molecule has 1 aliphatic rings. The summed E-state index contributed by atoms with van der Waals surface area (Å²) in [7, 11) is 0. The van der Waals surface area contributed by atoms with Gasteiger partial charge in [0.05, 0.1) is 11.3 Å². The number of aliphatic hydroxyl groups is 1. The number of aliphatic hydroxyl groups excluding tert-OH is 1. The number of anilines is 1. The third-order valence-corrected chi connectivity index (χ3v) is 2.64. The molecule has 1 aromatic carbocycles. The van der Waals surface area contributed by atoms with Crippen LogP contribution in [0.25, 0.3) is 0 Å². The molecule has 1 saturated heterocycles. The van der Waals surface area contributed by atoms with Crippen LogP contribution in [0, 0.1) is 23.1 Å². The van der Waals surface area contributed by atoms with E-state index in [9.17, 15) is 4.39 Å². The molecule has 0 aromatic heterocycles. The average Bonchev–Trinajstić information content (AvgIpc) is 2.18. The summed E-state index contributed by atoms with van der Waals surface area (Å²) in [5.74, 6) is -0.115.